The van der Waals surface area contributed by atoms with E-state index >= 15 is 0 Å². The second-order valence-electron chi connectivity index (χ2n) is 4.08. The molecule has 88 valence electrons. The highest BCUT2D eigenvalue weighted by atomic mass is 16.5. The Labute approximate surface area is 95.9 Å². The fraction of sp³-hybridized carbons (Fsp3) is 0.583. The molecule has 4 heteroatoms. The zero-order chi connectivity index (χ0) is 11.4. The lowest BCUT2D eigenvalue weighted by atomic mass is 10.3. The van der Waals surface area contributed by atoms with Crippen LogP contribution in [0.4, 0.5) is 5.69 Å². The van der Waals surface area contributed by atoms with Crippen LogP contribution in [0.1, 0.15) is 18.5 Å². The lowest BCUT2D eigenvalue weighted by Gasteiger charge is -2.24. The third-order valence-corrected chi connectivity index (χ3v) is 2.82. The molecule has 4 nitrogen and oxygen atoms in total. The lowest BCUT2D eigenvalue weighted by Crippen LogP contribution is -2.29. The highest BCUT2D eigenvalue weighted by Gasteiger charge is 2.29. The monoisotopic (exact) mass is 222 g/mol. The average Bonchev–Trinajstić information content (AvgIpc) is 3.14. The van der Waals surface area contributed by atoms with Gasteiger partial charge in [0.25, 0.3) is 0 Å². The molecule has 1 aromatic heterocycles. The van der Waals surface area contributed by atoms with E-state index in [1.165, 1.54) is 12.8 Å². The van der Waals surface area contributed by atoms with Crippen molar-refractivity contribution in [1.82, 2.24) is 4.98 Å². The van der Waals surface area contributed by atoms with Crippen LogP contribution in [0.5, 0.6) is 0 Å². The number of aliphatic hydroxyl groups is 1. The van der Waals surface area contributed by atoms with Gasteiger partial charge in [-0.2, -0.15) is 0 Å². The highest BCUT2D eigenvalue weighted by molar-refractivity contribution is 5.48. The van der Waals surface area contributed by atoms with Gasteiger partial charge in [-0.15, -0.1) is 0 Å². The number of hydrogen-bond donors (Lipinski definition) is 1. The van der Waals surface area contributed by atoms with Gasteiger partial charge < -0.3 is 14.7 Å². The van der Waals surface area contributed by atoms with E-state index in [9.17, 15) is 0 Å². The number of hydrogen-bond acceptors (Lipinski definition) is 4. The molecule has 0 unspecified atom stereocenters. The summed E-state index contributed by atoms with van der Waals surface area (Å²) in [4.78, 5) is 6.43. The topological polar surface area (TPSA) is 45.6 Å². The highest BCUT2D eigenvalue weighted by Crippen LogP contribution is 2.31. The minimum Gasteiger partial charge on any atom is -0.390 e. The Balaban J connectivity index is 2.10. The predicted octanol–water partition coefficient (Wildman–Crippen LogP) is 1.19. The molecule has 2 rings (SSSR count). The lowest BCUT2D eigenvalue weighted by molar-refractivity contribution is 0.205. The number of rotatable bonds is 6. The Kier molecular flexibility index (Phi) is 3.74. The number of ether oxygens (including phenoxy) is 1. The van der Waals surface area contributed by atoms with E-state index in [0.717, 1.165) is 24.5 Å². The molecular weight excluding hydrogens is 204 g/mol. The molecule has 1 aromatic rings. The van der Waals surface area contributed by atoms with Crippen LogP contribution in [0.2, 0.25) is 0 Å². The average molecular weight is 222 g/mol. The second-order valence-corrected chi connectivity index (χ2v) is 4.08. The molecule has 1 aliphatic rings. The Morgan fingerprint density at radius 2 is 2.38 bits per heavy atom. The normalized spacial score (nSPS) is 15.1. The SMILES string of the molecule is COCCN(c1ccnc(CO)c1)C1CC1. The summed E-state index contributed by atoms with van der Waals surface area (Å²) in [6, 6.07) is 4.59. The molecule has 1 N–H and O–H groups in total. The fourth-order valence-electron chi connectivity index (χ4n) is 1.83. The third-order valence-electron chi connectivity index (χ3n) is 2.82. The number of aliphatic hydroxyl groups excluding tert-OH is 1. The number of aromatic nitrogens is 1. The van der Waals surface area contributed by atoms with Crippen LogP contribution < -0.4 is 4.90 Å². The van der Waals surface area contributed by atoms with Crippen molar-refractivity contribution in [2.45, 2.75) is 25.5 Å². The van der Waals surface area contributed by atoms with Gasteiger partial charge in [0.15, 0.2) is 0 Å². The molecule has 0 saturated heterocycles. The summed E-state index contributed by atoms with van der Waals surface area (Å²) >= 11 is 0. The van der Waals surface area contributed by atoms with Crippen molar-refractivity contribution >= 4 is 5.69 Å². The summed E-state index contributed by atoms with van der Waals surface area (Å²) in [7, 11) is 1.72. The van der Waals surface area contributed by atoms with E-state index in [1.807, 2.05) is 12.1 Å². The van der Waals surface area contributed by atoms with Crippen molar-refractivity contribution in [2.75, 3.05) is 25.2 Å². The van der Waals surface area contributed by atoms with Crippen LogP contribution in [0.25, 0.3) is 0 Å². The number of pyridine rings is 1. The molecule has 0 aliphatic heterocycles. The summed E-state index contributed by atoms with van der Waals surface area (Å²) in [5.41, 5.74) is 1.86. The summed E-state index contributed by atoms with van der Waals surface area (Å²) in [6.07, 6.45) is 4.25. The van der Waals surface area contributed by atoms with Gasteiger partial charge in [0.2, 0.25) is 0 Å². The minimum absolute atomic E-state index is 0.00335. The van der Waals surface area contributed by atoms with Crippen LogP contribution in [0.15, 0.2) is 18.3 Å². The summed E-state index contributed by atoms with van der Waals surface area (Å²) in [5, 5.41) is 9.07. The minimum atomic E-state index is -0.00335. The van der Waals surface area contributed by atoms with Crippen molar-refractivity contribution in [2.24, 2.45) is 0 Å². The Hall–Kier alpha value is -1.13. The molecule has 0 amide bonds. The van der Waals surface area contributed by atoms with E-state index in [4.69, 9.17) is 9.84 Å². The summed E-state index contributed by atoms with van der Waals surface area (Å²) < 4.78 is 5.12. The van der Waals surface area contributed by atoms with Gasteiger partial charge >= 0.3 is 0 Å². The van der Waals surface area contributed by atoms with Gasteiger partial charge in [-0.25, -0.2) is 0 Å². The zero-order valence-electron chi connectivity index (χ0n) is 9.59. The maximum atomic E-state index is 9.07. The molecule has 0 atom stereocenters. The maximum Gasteiger partial charge on any atom is 0.0853 e. The summed E-state index contributed by atoms with van der Waals surface area (Å²) in [6.45, 7) is 1.62. The molecule has 0 aromatic carbocycles. The molecule has 0 radical (unpaired) electrons. The van der Waals surface area contributed by atoms with Gasteiger partial charge in [-0.05, 0) is 25.0 Å². The molecule has 0 spiro atoms. The largest absolute Gasteiger partial charge is 0.390 e. The van der Waals surface area contributed by atoms with E-state index in [-0.39, 0.29) is 6.61 Å². The van der Waals surface area contributed by atoms with E-state index in [2.05, 4.69) is 9.88 Å². The van der Waals surface area contributed by atoms with Crippen molar-refractivity contribution in [3.63, 3.8) is 0 Å². The van der Waals surface area contributed by atoms with Crippen molar-refractivity contribution < 1.29 is 9.84 Å². The molecule has 16 heavy (non-hydrogen) atoms. The first-order valence-electron chi connectivity index (χ1n) is 5.66. The molecule has 1 saturated carbocycles. The van der Waals surface area contributed by atoms with Crippen LogP contribution in [0.3, 0.4) is 0 Å². The number of nitrogens with zero attached hydrogens (tertiary/aromatic N) is 2. The van der Waals surface area contributed by atoms with E-state index in [0.29, 0.717) is 6.04 Å². The Morgan fingerprint density at radius 1 is 1.56 bits per heavy atom. The second kappa shape index (κ2) is 5.27. The first kappa shape index (κ1) is 11.4. The maximum absolute atomic E-state index is 9.07. The van der Waals surface area contributed by atoms with Crippen LogP contribution in [-0.2, 0) is 11.3 Å². The quantitative estimate of drug-likeness (QED) is 0.785. The van der Waals surface area contributed by atoms with Gasteiger partial charge in [0.05, 0.1) is 18.9 Å². The van der Waals surface area contributed by atoms with Crippen LogP contribution >= 0.6 is 0 Å². The number of methoxy groups -OCH3 is 1. The van der Waals surface area contributed by atoms with Gasteiger partial charge in [0, 0.05) is 31.6 Å². The van der Waals surface area contributed by atoms with Gasteiger partial charge in [0.1, 0.15) is 0 Å². The molecule has 1 aliphatic carbocycles. The first-order chi connectivity index (χ1) is 7.85. The van der Waals surface area contributed by atoms with Gasteiger partial charge in [-0.3, -0.25) is 4.98 Å². The summed E-state index contributed by atoms with van der Waals surface area (Å²) in [5.74, 6) is 0. The van der Waals surface area contributed by atoms with E-state index in [1.54, 1.807) is 13.3 Å². The molecule has 1 heterocycles. The van der Waals surface area contributed by atoms with Crippen molar-refractivity contribution in [3.05, 3.63) is 24.0 Å². The standard InChI is InChI=1S/C12H18N2O2/c1-16-7-6-14(11-2-3-11)12-4-5-13-10(8-12)9-15/h4-5,8,11,15H,2-3,6-7,9H2,1H3. The van der Waals surface area contributed by atoms with Gasteiger partial charge in [-0.1, -0.05) is 0 Å². The Bertz CT molecular complexity index is 340. The molecule has 0 bridgehead atoms. The van der Waals surface area contributed by atoms with Crippen LogP contribution in [-0.4, -0.2) is 36.4 Å². The van der Waals surface area contributed by atoms with Crippen molar-refractivity contribution in [1.29, 1.82) is 0 Å². The number of anilines is 1. The molecule has 1 fully saturated rings. The smallest absolute Gasteiger partial charge is 0.0853 e. The Morgan fingerprint density at radius 3 is 3.00 bits per heavy atom. The zero-order valence-corrected chi connectivity index (χ0v) is 9.59. The third kappa shape index (κ3) is 2.71. The molecular formula is C12H18N2O2. The van der Waals surface area contributed by atoms with Crippen molar-refractivity contribution in [3.8, 4) is 0 Å². The fourth-order valence-corrected chi connectivity index (χ4v) is 1.83. The first-order valence-corrected chi connectivity index (χ1v) is 5.66. The van der Waals surface area contributed by atoms with Crippen LogP contribution in [0, 0.1) is 0 Å². The predicted molar refractivity (Wildman–Crippen MR) is 62.4 cm³/mol. The van der Waals surface area contributed by atoms with E-state index < -0.39 is 0 Å².